The smallest absolute Gasteiger partial charge is 0.305 e. The molecule has 2 rings (SSSR count). The van der Waals surface area contributed by atoms with Crippen molar-refractivity contribution in [1.29, 1.82) is 0 Å². The van der Waals surface area contributed by atoms with Crippen molar-refractivity contribution >= 4 is 27.8 Å². The lowest BCUT2D eigenvalue weighted by molar-refractivity contribution is -0.137. The summed E-state index contributed by atoms with van der Waals surface area (Å²) in [5.74, 6) is -1.38. The number of halogens is 1. The zero-order valence-electron chi connectivity index (χ0n) is 12.2. The Balaban J connectivity index is 2.23. The highest BCUT2D eigenvalue weighted by molar-refractivity contribution is 9.10. The quantitative estimate of drug-likeness (QED) is 0.851. The number of aromatic nitrogens is 2. The lowest BCUT2D eigenvalue weighted by Crippen LogP contribution is -2.30. The zero-order chi connectivity index (χ0) is 16.3. The van der Waals surface area contributed by atoms with E-state index in [1.165, 1.54) is 0 Å². The second-order valence-corrected chi connectivity index (χ2v) is 5.89. The lowest BCUT2D eigenvalue weighted by Gasteiger charge is -2.17. The molecule has 2 N–H and O–H groups in total. The summed E-state index contributed by atoms with van der Waals surface area (Å²) in [4.78, 5) is 23.3. The SMILES string of the molecule is Cc1cc(C(=O)N[C@H](CC(=O)O)c2cccc(Br)c2)nn1C. The number of hydrogen-bond donors (Lipinski definition) is 2. The van der Waals surface area contributed by atoms with Gasteiger partial charge in [0.15, 0.2) is 0 Å². The van der Waals surface area contributed by atoms with Gasteiger partial charge in [0.25, 0.3) is 5.91 Å². The molecule has 0 bridgehead atoms. The maximum absolute atomic E-state index is 12.3. The zero-order valence-corrected chi connectivity index (χ0v) is 13.8. The second-order valence-electron chi connectivity index (χ2n) is 4.97. The van der Waals surface area contributed by atoms with E-state index in [9.17, 15) is 9.59 Å². The molecule has 1 aromatic heterocycles. The Morgan fingerprint density at radius 1 is 1.41 bits per heavy atom. The van der Waals surface area contributed by atoms with Crippen LogP contribution in [0, 0.1) is 6.92 Å². The standard InChI is InChI=1S/C15H16BrN3O3/c1-9-6-13(18-19(9)2)15(22)17-12(8-14(20)21)10-4-3-5-11(16)7-10/h3-7,12H,8H2,1-2H3,(H,17,22)(H,20,21)/t12-/m1/s1. The summed E-state index contributed by atoms with van der Waals surface area (Å²) in [6.07, 6.45) is -0.200. The van der Waals surface area contributed by atoms with Crippen molar-refractivity contribution in [2.75, 3.05) is 0 Å². The molecule has 0 spiro atoms. The predicted octanol–water partition coefficient (Wildman–Crippen LogP) is 2.44. The van der Waals surface area contributed by atoms with Crippen LogP contribution in [0.4, 0.5) is 0 Å². The van der Waals surface area contributed by atoms with Crippen LogP contribution in [0.1, 0.15) is 34.2 Å². The number of benzene rings is 1. The van der Waals surface area contributed by atoms with Gasteiger partial charge in [-0.3, -0.25) is 14.3 Å². The van der Waals surface area contributed by atoms with Crippen molar-refractivity contribution in [3.63, 3.8) is 0 Å². The van der Waals surface area contributed by atoms with E-state index < -0.39 is 17.9 Å². The van der Waals surface area contributed by atoms with Gasteiger partial charge < -0.3 is 10.4 Å². The lowest BCUT2D eigenvalue weighted by atomic mass is 10.0. The van der Waals surface area contributed by atoms with E-state index in [1.54, 1.807) is 36.0 Å². The van der Waals surface area contributed by atoms with Crippen LogP contribution in [-0.4, -0.2) is 26.8 Å². The first-order chi connectivity index (χ1) is 10.4. The Kier molecular flexibility index (Phi) is 4.97. The molecule has 22 heavy (non-hydrogen) atoms. The minimum atomic E-state index is -0.984. The summed E-state index contributed by atoms with van der Waals surface area (Å²) in [5, 5.41) is 15.9. The largest absolute Gasteiger partial charge is 0.481 e. The minimum Gasteiger partial charge on any atom is -0.481 e. The van der Waals surface area contributed by atoms with Crippen LogP contribution in [0.5, 0.6) is 0 Å². The Morgan fingerprint density at radius 2 is 2.14 bits per heavy atom. The summed E-state index contributed by atoms with van der Waals surface area (Å²) in [5.41, 5.74) is 1.84. The van der Waals surface area contributed by atoms with E-state index in [1.807, 2.05) is 13.0 Å². The molecule has 0 saturated heterocycles. The Bertz CT molecular complexity index is 692. The maximum Gasteiger partial charge on any atom is 0.305 e. The number of hydrogen-bond acceptors (Lipinski definition) is 3. The molecular formula is C15H16BrN3O3. The molecule has 1 heterocycles. The van der Waals surface area contributed by atoms with Crippen LogP contribution in [0.2, 0.25) is 0 Å². The number of carbonyl (C=O) groups excluding carboxylic acids is 1. The fourth-order valence-corrected chi connectivity index (χ4v) is 2.47. The third-order valence-electron chi connectivity index (χ3n) is 3.28. The molecule has 6 nitrogen and oxygen atoms in total. The summed E-state index contributed by atoms with van der Waals surface area (Å²) in [6.45, 7) is 1.84. The fraction of sp³-hybridized carbons (Fsp3) is 0.267. The molecule has 1 amide bonds. The molecule has 7 heteroatoms. The van der Waals surface area contributed by atoms with Crippen molar-refractivity contribution in [1.82, 2.24) is 15.1 Å². The van der Waals surface area contributed by atoms with Crippen LogP contribution in [0.15, 0.2) is 34.8 Å². The van der Waals surface area contributed by atoms with Crippen LogP contribution in [0.3, 0.4) is 0 Å². The number of carbonyl (C=O) groups is 2. The molecule has 0 aliphatic heterocycles. The van der Waals surface area contributed by atoms with Gasteiger partial charge in [0.2, 0.25) is 0 Å². The number of carboxylic acids is 1. The van der Waals surface area contributed by atoms with E-state index >= 15 is 0 Å². The van der Waals surface area contributed by atoms with Gasteiger partial charge in [0.05, 0.1) is 12.5 Å². The summed E-state index contributed by atoms with van der Waals surface area (Å²) < 4.78 is 2.42. The summed E-state index contributed by atoms with van der Waals surface area (Å²) in [6, 6.07) is 8.25. The van der Waals surface area contributed by atoms with Crippen molar-refractivity contribution in [2.45, 2.75) is 19.4 Å². The second kappa shape index (κ2) is 6.74. The summed E-state index contributed by atoms with van der Waals surface area (Å²) in [7, 11) is 1.75. The molecule has 1 atom stereocenters. The van der Waals surface area contributed by atoms with E-state index in [2.05, 4.69) is 26.3 Å². The minimum absolute atomic E-state index is 0.200. The van der Waals surface area contributed by atoms with Gasteiger partial charge in [0, 0.05) is 17.2 Å². The molecule has 0 saturated carbocycles. The number of nitrogens with zero attached hydrogens (tertiary/aromatic N) is 2. The predicted molar refractivity (Wildman–Crippen MR) is 84.5 cm³/mol. The topological polar surface area (TPSA) is 84.2 Å². The molecule has 0 fully saturated rings. The molecule has 2 aromatic rings. The van der Waals surface area contributed by atoms with Crippen LogP contribution < -0.4 is 5.32 Å². The summed E-state index contributed by atoms with van der Waals surface area (Å²) >= 11 is 3.34. The van der Waals surface area contributed by atoms with E-state index in [0.29, 0.717) is 0 Å². The highest BCUT2D eigenvalue weighted by Crippen LogP contribution is 2.21. The van der Waals surface area contributed by atoms with Crippen molar-refractivity contribution in [3.05, 3.63) is 51.8 Å². The third-order valence-corrected chi connectivity index (χ3v) is 3.77. The maximum atomic E-state index is 12.3. The number of aliphatic carboxylic acids is 1. The molecule has 116 valence electrons. The number of rotatable bonds is 5. The normalized spacial score (nSPS) is 12.0. The van der Waals surface area contributed by atoms with Crippen molar-refractivity contribution < 1.29 is 14.7 Å². The van der Waals surface area contributed by atoms with E-state index in [0.717, 1.165) is 15.7 Å². The van der Waals surface area contributed by atoms with Crippen molar-refractivity contribution in [3.8, 4) is 0 Å². The molecule has 0 radical (unpaired) electrons. The van der Waals surface area contributed by atoms with Crippen molar-refractivity contribution in [2.24, 2.45) is 7.05 Å². The monoisotopic (exact) mass is 365 g/mol. The fourth-order valence-electron chi connectivity index (χ4n) is 2.05. The molecular weight excluding hydrogens is 350 g/mol. The Hall–Kier alpha value is -2.15. The van der Waals surface area contributed by atoms with Crippen LogP contribution >= 0.6 is 15.9 Å². The van der Waals surface area contributed by atoms with Gasteiger partial charge in [-0.25, -0.2) is 0 Å². The van der Waals surface area contributed by atoms with Crippen LogP contribution in [0.25, 0.3) is 0 Å². The highest BCUT2D eigenvalue weighted by Gasteiger charge is 2.20. The first-order valence-corrected chi connectivity index (χ1v) is 7.45. The van der Waals surface area contributed by atoms with E-state index in [-0.39, 0.29) is 12.1 Å². The highest BCUT2D eigenvalue weighted by atomic mass is 79.9. The molecule has 0 aliphatic rings. The number of aryl methyl sites for hydroxylation is 2. The average Bonchev–Trinajstić information content (AvgIpc) is 2.77. The Labute approximate surface area is 136 Å². The molecule has 0 unspecified atom stereocenters. The average molecular weight is 366 g/mol. The van der Waals surface area contributed by atoms with Gasteiger partial charge in [-0.1, -0.05) is 28.1 Å². The van der Waals surface area contributed by atoms with E-state index in [4.69, 9.17) is 5.11 Å². The third kappa shape index (κ3) is 3.94. The van der Waals surface area contributed by atoms with Gasteiger partial charge >= 0.3 is 5.97 Å². The first-order valence-electron chi connectivity index (χ1n) is 6.65. The number of amides is 1. The van der Waals surface area contributed by atoms with Gasteiger partial charge in [-0.05, 0) is 30.7 Å². The van der Waals surface area contributed by atoms with Gasteiger partial charge in [-0.15, -0.1) is 0 Å². The molecule has 1 aromatic carbocycles. The van der Waals surface area contributed by atoms with Crippen LogP contribution in [-0.2, 0) is 11.8 Å². The molecule has 0 aliphatic carbocycles. The first kappa shape index (κ1) is 16.2. The van der Waals surface area contributed by atoms with Gasteiger partial charge in [0.1, 0.15) is 5.69 Å². The number of carboxylic acid groups (broad SMARTS) is 1. The Morgan fingerprint density at radius 3 is 2.68 bits per heavy atom. The van der Waals surface area contributed by atoms with Gasteiger partial charge in [-0.2, -0.15) is 5.10 Å². The number of nitrogens with one attached hydrogen (secondary N) is 1.